The van der Waals surface area contributed by atoms with E-state index in [1.165, 1.54) is 0 Å². The molecule has 112 valence electrons. The molecule has 1 unspecified atom stereocenters. The van der Waals surface area contributed by atoms with Gasteiger partial charge in [-0.05, 0) is 17.7 Å². The Balaban J connectivity index is 2.07. The molecule has 0 amide bonds. The molecule has 0 fully saturated rings. The van der Waals surface area contributed by atoms with Gasteiger partial charge >= 0.3 is 0 Å². The van der Waals surface area contributed by atoms with Crippen LogP contribution in [0.1, 0.15) is 17.3 Å². The monoisotopic (exact) mass is 305 g/mol. The molecule has 0 spiro atoms. The second kappa shape index (κ2) is 7.31. The SMILES string of the molecule is CS(=O)(=O)NCCNC(c1ccccc1)c1ccccn1. The summed E-state index contributed by atoms with van der Waals surface area (Å²) in [5.41, 5.74) is 2.00. The van der Waals surface area contributed by atoms with E-state index in [1.54, 1.807) is 6.20 Å². The Hall–Kier alpha value is -1.76. The maximum absolute atomic E-state index is 11.1. The minimum atomic E-state index is -3.16. The summed E-state index contributed by atoms with van der Waals surface area (Å²) in [7, 11) is -3.16. The van der Waals surface area contributed by atoms with Gasteiger partial charge in [0.2, 0.25) is 10.0 Å². The molecule has 1 heterocycles. The van der Waals surface area contributed by atoms with E-state index >= 15 is 0 Å². The van der Waals surface area contributed by atoms with Gasteiger partial charge in [0.15, 0.2) is 0 Å². The smallest absolute Gasteiger partial charge is 0.208 e. The van der Waals surface area contributed by atoms with E-state index in [4.69, 9.17) is 0 Å². The summed E-state index contributed by atoms with van der Waals surface area (Å²) in [4.78, 5) is 4.38. The van der Waals surface area contributed by atoms with Gasteiger partial charge in [-0.1, -0.05) is 36.4 Å². The van der Waals surface area contributed by atoms with Crippen LogP contribution in [0.5, 0.6) is 0 Å². The molecule has 5 nitrogen and oxygen atoms in total. The molecule has 0 radical (unpaired) electrons. The Morgan fingerprint density at radius 1 is 1.05 bits per heavy atom. The van der Waals surface area contributed by atoms with Gasteiger partial charge in [-0.3, -0.25) is 4.98 Å². The first kappa shape index (κ1) is 15.6. The van der Waals surface area contributed by atoms with E-state index in [0.717, 1.165) is 17.5 Å². The van der Waals surface area contributed by atoms with Crippen molar-refractivity contribution in [2.75, 3.05) is 19.3 Å². The molecule has 0 saturated carbocycles. The molecule has 1 atom stereocenters. The zero-order chi connectivity index (χ0) is 15.1. The number of rotatable bonds is 7. The van der Waals surface area contributed by atoms with Gasteiger partial charge in [-0.15, -0.1) is 0 Å². The van der Waals surface area contributed by atoms with Crippen molar-refractivity contribution < 1.29 is 8.42 Å². The first-order chi connectivity index (χ1) is 10.1. The summed E-state index contributed by atoms with van der Waals surface area (Å²) in [5.74, 6) is 0. The Bertz CT molecular complexity index is 606. The average Bonchev–Trinajstić information content (AvgIpc) is 2.48. The fraction of sp³-hybridized carbons (Fsp3) is 0.267. The third-order valence-electron chi connectivity index (χ3n) is 2.95. The maximum atomic E-state index is 11.1. The predicted octanol–water partition coefficient (Wildman–Crippen LogP) is 1.31. The number of pyridine rings is 1. The fourth-order valence-corrected chi connectivity index (χ4v) is 2.51. The lowest BCUT2D eigenvalue weighted by atomic mass is 10.0. The van der Waals surface area contributed by atoms with Gasteiger partial charge in [0.1, 0.15) is 0 Å². The highest BCUT2D eigenvalue weighted by atomic mass is 32.2. The molecule has 1 aromatic heterocycles. The van der Waals surface area contributed by atoms with Gasteiger partial charge < -0.3 is 5.32 Å². The van der Waals surface area contributed by atoms with Crippen molar-refractivity contribution in [1.82, 2.24) is 15.0 Å². The third-order valence-corrected chi connectivity index (χ3v) is 3.68. The maximum Gasteiger partial charge on any atom is 0.208 e. The standard InChI is InChI=1S/C15H19N3O2S/c1-21(19,20)18-12-11-17-15(13-7-3-2-4-8-13)14-9-5-6-10-16-14/h2-10,15,17-18H,11-12H2,1H3. The van der Waals surface area contributed by atoms with Crippen LogP contribution in [0.25, 0.3) is 0 Å². The number of aromatic nitrogens is 1. The first-order valence-corrected chi connectivity index (χ1v) is 8.59. The van der Waals surface area contributed by atoms with E-state index in [1.807, 2.05) is 48.5 Å². The normalized spacial score (nSPS) is 13.0. The van der Waals surface area contributed by atoms with Crippen molar-refractivity contribution in [3.63, 3.8) is 0 Å². The molecule has 0 bridgehead atoms. The number of hydrogen-bond acceptors (Lipinski definition) is 4. The average molecular weight is 305 g/mol. The van der Waals surface area contributed by atoms with Gasteiger partial charge in [-0.25, -0.2) is 13.1 Å². The second-order valence-electron chi connectivity index (χ2n) is 4.72. The van der Waals surface area contributed by atoms with E-state index in [9.17, 15) is 8.42 Å². The van der Waals surface area contributed by atoms with Crippen LogP contribution in [0.2, 0.25) is 0 Å². The summed E-state index contributed by atoms with van der Waals surface area (Å²) < 4.78 is 24.6. The van der Waals surface area contributed by atoms with Crippen LogP contribution in [-0.2, 0) is 10.0 Å². The fourth-order valence-electron chi connectivity index (χ4n) is 2.04. The van der Waals surface area contributed by atoms with Gasteiger partial charge in [0.05, 0.1) is 18.0 Å². The van der Waals surface area contributed by atoms with Crippen LogP contribution < -0.4 is 10.0 Å². The number of sulfonamides is 1. The molecule has 0 aliphatic carbocycles. The molecule has 0 saturated heterocycles. The second-order valence-corrected chi connectivity index (χ2v) is 6.55. The van der Waals surface area contributed by atoms with Gasteiger partial charge in [-0.2, -0.15) is 0 Å². The van der Waals surface area contributed by atoms with E-state index in [2.05, 4.69) is 15.0 Å². The van der Waals surface area contributed by atoms with Crippen LogP contribution in [-0.4, -0.2) is 32.7 Å². The summed E-state index contributed by atoms with van der Waals surface area (Å²) >= 11 is 0. The Morgan fingerprint density at radius 3 is 2.38 bits per heavy atom. The molecule has 2 N–H and O–H groups in total. The molecular formula is C15H19N3O2S. The quantitative estimate of drug-likeness (QED) is 0.757. The van der Waals surface area contributed by atoms with E-state index in [-0.39, 0.29) is 6.04 Å². The van der Waals surface area contributed by atoms with Crippen molar-refractivity contribution in [3.8, 4) is 0 Å². The molecule has 2 aromatic rings. The Kier molecular flexibility index (Phi) is 5.44. The van der Waals surface area contributed by atoms with E-state index in [0.29, 0.717) is 13.1 Å². The highest BCUT2D eigenvalue weighted by Gasteiger charge is 2.14. The largest absolute Gasteiger partial charge is 0.304 e. The number of hydrogen-bond donors (Lipinski definition) is 2. The lowest BCUT2D eigenvalue weighted by Gasteiger charge is -2.18. The highest BCUT2D eigenvalue weighted by molar-refractivity contribution is 7.88. The van der Waals surface area contributed by atoms with Crippen molar-refractivity contribution in [3.05, 3.63) is 66.0 Å². The van der Waals surface area contributed by atoms with Crippen molar-refractivity contribution in [1.29, 1.82) is 0 Å². The summed E-state index contributed by atoms with van der Waals surface area (Å²) in [5, 5.41) is 3.34. The number of nitrogens with one attached hydrogen (secondary N) is 2. The van der Waals surface area contributed by atoms with E-state index < -0.39 is 10.0 Å². The zero-order valence-electron chi connectivity index (χ0n) is 11.9. The van der Waals surface area contributed by atoms with Gasteiger partial charge in [0.25, 0.3) is 0 Å². The Morgan fingerprint density at radius 2 is 1.76 bits per heavy atom. The molecule has 21 heavy (non-hydrogen) atoms. The lowest BCUT2D eigenvalue weighted by Crippen LogP contribution is -2.33. The molecule has 0 aliphatic heterocycles. The minimum absolute atomic E-state index is 0.0613. The topological polar surface area (TPSA) is 71.1 Å². The van der Waals surface area contributed by atoms with Crippen molar-refractivity contribution >= 4 is 10.0 Å². The van der Waals surface area contributed by atoms with Crippen LogP contribution >= 0.6 is 0 Å². The number of benzene rings is 1. The molecule has 6 heteroatoms. The molecule has 2 rings (SSSR count). The van der Waals surface area contributed by atoms with Crippen LogP contribution in [0.4, 0.5) is 0 Å². The molecule has 0 aliphatic rings. The summed E-state index contributed by atoms with van der Waals surface area (Å²) in [6.07, 6.45) is 2.90. The molecule has 1 aromatic carbocycles. The highest BCUT2D eigenvalue weighted by Crippen LogP contribution is 2.19. The van der Waals surface area contributed by atoms with Gasteiger partial charge in [0, 0.05) is 19.3 Å². The zero-order valence-corrected chi connectivity index (χ0v) is 12.7. The third kappa shape index (κ3) is 5.26. The number of nitrogens with zero attached hydrogens (tertiary/aromatic N) is 1. The summed E-state index contributed by atoms with van der Waals surface area (Å²) in [6.45, 7) is 0.859. The predicted molar refractivity (Wildman–Crippen MR) is 83.4 cm³/mol. The van der Waals surface area contributed by atoms with Crippen molar-refractivity contribution in [2.45, 2.75) is 6.04 Å². The van der Waals surface area contributed by atoms with Crippen LogP contribution in [0.3, 0.4) is 0 Å². The summed E-state index contributed by atoms with van der Waals surface area (Å²) in [6, 6.07) is 15.7. The molecular weight excluding hydrogens is 286 g/mol. The first-order valence-electron chi connectivity index (χ1n) is 6.70. The minimum Gasteiger partial charge on any atom is -0.304 e. The van der Waals surface area contributed by atoms with Crippen LogP contribution in [0.15, 0.2) is 54.7 Å². The van der Waals surface area contributed by atoms with Crippen LogP contribution in [0, 0.1) is 0 Å². The van der Waals surface area contributed by atoms with Crippen molar-refractivity contribution in [2.24, 2.45) is 0 Å². The lowest BCUT2D eigenvalue weighted by molar-refractivity contribution is 0.565. The Labute approximate surface area is 125 Å².